The minimum Gasteiger partial charge on any atom is -0.466 e. The van der Waals surface area contributed by atoms with Crippen molar-refractivity contribution >= 4 is 23.5 Å². The zero-order valence-electron chi connectivity index (χ0n) is 19.0. The Morgan fingerprint density at radius 3 is 2.42 bits per heavy atom. The van der Waals surface area contributed by atoms with E-state index in [1.54, 1.807) is 11.8 Å². The summed E-state index contributed by atoms with van der Waals surface area (Å²) in [6, 6.07) is 7.48. The second-order valence-electron chi connectivity index (χ2n) is 8.69. The Balaban J connectivity index is 2.03. The Hall–Kier alpha value is -2.34. The maximum atomic E-state index is 13.8. The minimum absolute atomic E-state index is 0.0541. The van der Waals surface area contributed by atoms with Crippen molar-refractivity contribution in [2.45, 2.75) is 59.3 Å². The lowest BCUT2D eigenvalue weighted by molar-refractivity contribution is -0.149. The third-order valence-corrected chi connectivity index (χ3v) is 5.91. The van der Waals surface area contributed by atoms with E-state index in [0.29, 0.717) is 30.3 Å². The predicted molar refractivity (Wildman–Crippen MR) is 122 cm³/mol. The topological polar surface area (TPSA) is 64.4 Å². The number of amides is 1. The zero-order valence-corrected chi connectivity index (χ0v) is 19.8. The number of benzene rings is 1. The molecular weight excluding hydrogens is 414 g/mol. The number of hydrogen-bond donors (Lipinski definition) is 0. The van der Waals surface area contributed by atoms with Crippen LogP contribution >= 0.6 is 11.6 Å². The van der Waals surface area contributed by atoms with Gasteiger partial charge >= 0.3 is 5.97 Å². The molecule has 1 aromatic carbocycles. The van der Waals surface area contributed by atoms with Gasteiger partial charge in [0.1, 0.15) is 0 Å². The number of rotatable bonds is 6. The van der Waals surface area contributed by atoms with Crippen molar-refractivity contribution in [3.05, 3.63) is 46.2 Å². The van der Waals surface area contributed by atoms with Gasteiger partial charge in [-0.15, -0.1) is 0 Å². The second-order valence-corrected chi connectivity index (χ2v) is 9.12. The molecule has 0 bridgehead atoms. The number of esters is 1. The summed E-state index contributed by atoms with van der Waals surface area (Å²) in [7, 11) is 0. The van der Waals surface area contributed by atoms with Gasteiger partial charge in [0, 0.05) is 18.1 Å². The van der Waals surface area contributed by atoms with Gasteiger partial charge in [-0.3, -0.25) is 9.59 Å². The van der Waals surface area contributed by atoms with Gasteiger partial charge in [-0.1, -0.05) is 39.3 Å². The van der Waals surface area contributed by atoms with Crippen LogP contribution in [0.2, 0.25) is 5.02 Å². The first-order chi connectivity index (χ1) is 14.7. The highest BCUT2D eigenvalue weighted by Crippen LogP contribution is 2.32. The van der Waals surface area contributed by atoms with Crippen molar-refractivity contribution < 1.29 is 14.3 Å². The lowest BCUT2D eigenvalue weighted by Crippen LogP contribution is -2.43. The Labute approximate surface area is 189 Å². The molecule has 2 aromatic rings. The first kappa shape index (κ1) is 23.3. The molecule has 1 amide bonds. The summed E-state index contributed by atoms with van der Waals surface area (Å²) >= 11 is 6.07. The predicted octanol–water partition coefficient (Wildman–Crippen LogP) is 5.19. The van der Waals surface area contributed by atoms with Gasteiger partial charge < -0.3 is 9.64 Å². The number of carbonyl (C=O) groups excluding carboxylic acids is 2. The average molecular weight is 446 g/mol. The number of piperidine rings is 1. The highest BCUT2D eigenvalue weighted by Gasteiger charge is 2.34. The number of likely N-dealkylation sites (tertiary alicyclic amines) is 1. The fourth-order valence-electron chi connectivity index (χ4n) is 4.16. The van der Waals surface area contributed by atoms with Crippen LogP contribution in [0.1, 0.15) is 81.0 Å². The van der Waals surface area contributed by atoms with Crippen LogP contribution in [0.25, 0.3) is 5.69 Å². The van der Waals surface area contributed by atoms with E-state index in [2.05, 4.69) is 13.8 Å². The van der Waals surface area contributed by atoms with Gasteiger partial charge in [-0.2, -0.15) is 5.10 Å². The van der Waals surface area contributed by atoms with Crippen LogP contribution in [0.5, 0.6) is 0 Å². The Kier molecular flexibility index (Phi) is 7.42. The summed E-state index contributed by atoms with van der Waals surface area (Å²) in [5.74, 6) is -0.378. The van der Waals surface area contributed by atoms with Crippen molar-refractivity contribution in [1.82, 2.24) is 14.7 Å². The smallest absolute Gasteiger partial charge is 0.310 e. The molecule has 1 fully saturated rings. The maximum absolute atomic E-state index is 13.8. The van der Waals surface area contributed by atoms with Gasteiger partial charge in [0.05, 0.1) is 35.2 Å². The number of carbonyl (C=O) groups is 2. The highest BCUT2D eigenvalue weighted by molar-refractivity contribution is 6.30. The average Bonchev–Trinajstić information content (AvgIpc) is 3.15. The number of halogens is 1. The van der Waals surface area contributed by atoms with Gasteiger partial charge in [0.2, 0.25) is 0 Å². The molecule has 3 rings (SSSR count). The minimum atomic E-state index is -0.269. The van der Waals surface area contributed by atoms with Crippen LogP contribution in [0.4, 0.5) is 0 Å². The molecule has 31 heavy (non-hydrogen) atoms. The second kappa shape index (κ2) is 9.86. The van der Waals surface area contributed by atoms with E-state index in [0.717, 1.165) is 29.9 Å². The fourth-order valence-corrected chi connectivity index (χ4v) is 4.28. The molecule has 7 heteroatoms. The quantitative estimate of drug-likeness (QED) is 0.574. The molecule has 1 aliphatic heterocycles. The summed E-state index contributed by atoms with van der Waals surface area (Å²) in [6.45, 7) is 11.4. The summed E-state index contributed by atoms with van der Waals surface area (Å²) in [4.78, 5) is 27.9. The third kappa shape index (κ3) is 4.95. The SMILES string of the molecule is CCOC(=O)[C@H]1CCCN(C(=O)c2c(C(C)C)nn(-c3ccc(Cl)cc3)c2C(C)C)C1. The summed E-state index contributed by atoms with van der Waals surface area (Å²) in [6.07, 6.45) is 1.54. The first-order valence-electron chi connectivity index (χ1n) is 11.1. The van der Waals surface area contributed by atoms with E-state index in [-0.39, 0.29) is 29.6 Å². The van der Waals surface area contributed by atoms with E-state index >= 15 is 0 Å². The van der Waals surface area contributed by atoms with E-state index in [4.69, 9.17) is 21.4 Å². The molecule has 1 aliphatic rings. The van der Waals surface area contributed by atoms with Crippen molar-refractivity contribution in [3.8, 4) is 5.69 Å². The molecule has 0 spiro atoms. The van der Waals surface area contributed by atoms with Gasteiger partial charge in [-0.25, -0.2) is 4.68 Å². The van der Waals surface area contributed by atoms with Crippen LogP contribution in [0.15, 0.2) is 24.3 Å². The fraction of sp³-hybridized carbons (Fsp3) is 0.542. The lowest BCUT2D eigenvalue weighted by Gasteiger charge is -2.32. The highest BCUT2D eigenvalue weighted by atomic mass is 35.5. The van der Waals surface area contributed by atoms with Gasteiger partial charge in [0.25, 0.3) is 5.91 Å². The summed E-state index contributed by atoms with van der Waals surface area (Å²) in [5, 5.41) is 5.52. The van der Waals surface area contributed by atoms with Crippen molar-refractivity contribution in [2.75, 3.05) is 19.7 Å². The van der Waals surface area contributed by atoms with Crippen molar-refractivity contribution in [2.24, 2.45) is 5.92 Å². The number of hydrogen-bond acceptors (Lipinski definition) is 4. The van der Waals surface area contributed by atoms with Crippen LogP contribution in [-0.4, -0.2) is 46.3 Å². The van der Waals surface area contributed by atoms with E-state index in [1.165, 1.54) is 0 Å². The molecule has 1 aromatic heterocycles. The van der Waals surface area contributed by atoms with Crippen LogP contribution in [0.3, 0.4) is 0 Å². The van der Waals surface area contributed by atoms with E-state index in [9.17, 15) is 9.59 Å². The van der Waals surface area contributed by atoms with Crippen LogP contribution in [0, 0.1) is 5.92 Å². The molecule has 0 N–H and O–H groups in total. The molecule has 168 valence electrons. The third-order valence-electron chi connectivity index (χ3n) is 5.66. The summed E-state index contributed by atoms with van der Waals surface area (Å²) < 4.78 is 7.08. The normalized spacial score (nSPS) is 16.8. The maximum Gasteiger partial charge on any atom is 0.310 e. The van der Waals surface area contributed by atoms with Crippen molar-refractivity contribution in [3.63, 3.8) is 0 Å². The Bertz CT molecular complexity index is 934. The van der Waals surface area contributed by atoms with E-state index < -0.39 is 0 Å². The Morgan fingerprint density at radius 2 is 1.84 bits per heavy atom. The molecule has 0 aliphatic carbocycles. The largest absolute Gasteiger partial charge is 0.466 e. The monoisotopic (exact) mass is 445 g/mol. The molecule has 1 saturated heterocycles. The summed E-state index contributed by atoms with van der Waals surface area (Å²) in [5.41, 5.74) is 3.19. The molecule has 2 heterocycles. The van der Waals surface area contributed by atoms with Gasteiger partial charge in [-0.05, 0) is 55.9 Å². The molecule has 0 unspecified atom stereocenters. The number of nitrogens with zero attached hydrogens (tertiary/aromatic N) is 3. The molecule has 0 saturated carbocycles. The van der Waals surface area contributed by atoms with Crippen molar-refractivity contribution in [1.29, 1.82) is 0 Å². The zero-order chi connectivity index (χ0) is 22.7. The van der Waals surface area contributed by atoms with Crippen LogP contribution in [-0.2, 0) is 9.53 Å². The number of aromatic nitrogens is 2. The molecular formula is C24H32ClN3O3. The standard InChI is InChI=1S/C24H32ClN3O3/c1-6-31-24(30)17-8-7-13-27(14-17)23(29)20-21(15(2)3)26-28(22(20)16(4)5)19-11-9-18(25)10-12-19/h9-12,15-17H,6-8,13-14H2,1-5H3/t17-/m0/s1. The number of ether oxygens (including phenoxy) is 1. The molecule has 6 nitrogen and oxygen atoms in total. The van der Waals surface area contributed by atoms with E-state index in [1.807, 2.05) is 42.8 Å². The molecule has 1 atom stereocenters. The lowest BCUT2D eigenvalue weighted by atomic mass is 9.94. The first-order valence-corrected chi connectivity index (χ1v) is 11.5. The Morgan fingerprint density at radius 1 is 1.16 bits per heavy atom. The van der Waals surface area contributed by atoms with Gasteiger partial charge in [0.15, 0.2) is 0 Å². The van der Waals surface area contributed by atoms with Crippen LogP contribution < -0.4 is 0 Å². The molecule has 0 radical (unpaired) electrons.